The smallest absolute Gasteiger partial charge is 0.290 e. The highest BCUT2D eigenvalue weighted by molar-refractivity contribution is 8.18. The summed E-state index contributed by atoms with van der Waals surface area (Å²) in [6.45, 7) is 0. The number of anilines is 1. The van der Waals surface area contributed by atoms with Gasteiger partial charge in [-0.2, -0.15) is 0 Å². The summed E-state index contributed by atoms with van der Waals surface area (Å²) in [5, 5.41) is 2.51. The Morgan fingerprint density at radius 2 is 1.93 bits per heavy atom. The van der Waals surface area contributed by atoms with E-state index >= 15 is 0 Å². The monoisotopic (exact) mass is 415 g/mol. The van der Waals surface area contributed by atoms with Crippen LogP contribution in [0.2, 0.25) is 0 Å². The first-order chi connectivity index (χ1) is 13.3. The van der Waals surface area contributed by atoms with Crippen LogP contribution in [0.3, 0.4) is 0 Å². The molecule has 0 saturated carbocycles. The zero-order chi connectivity index (χ0) is 19.9. The van der Waals surface area contributed by atoms with Crippen molar-refractivity contribution in [3.63, 3.8) is 0 Å². The summed E-state index contributed by atoms with van der Waals surface area (Å²) in [6, 6.07) is 8.53. The third-order valence-corrected chi connectivity index (χ3v) is 5.27. The molecule has 2 N–H and O–H groups in total. The van der Waals surface area contributed by atoms with Gasteiger partial charge in [-0.1, -0.05) is 12.1 Å². The fraction of sp³-hybridized carbons (Fsp3) is 0.0556. The maximum absolute atomic E-state index is 11.7. The summed E-state index contributed by atoms with van der Waals surface area (Å²) in [4.78, 5) is 27.5. The van der Waals surface area contributed by atoms with Crippen LogP contribution in [0.15, 0.2) is 52.0 Å². The summed E-state index contributed by atoms with van der Waals surface area (Å²) in [5.74, 6) is -0.0327. The molecule has 0 bridgehead atoms. The summed E-state index contributed by atoms with van der Waals surface area (Å²) in [7, 11) is -3.35. The van der Waals surface area contributed by atoms with E-state index in [1.807, 2.05) is 0 Å². The molecule has 3 heterocycles. The number of fused-ring (bicyclic) bond motifs is 1. The van der Waals surface area contributed by atoms with Gasteiger partial charge >= 0.3 is 0 Å². The molecule has 28 heavy (non-hydrogen) atoms. The highest BCUT2D eigenvalue weighted by Crippen LogP contribution is 2.33. The molecule has 10 heteroatoms. The Balaban J connectivity index is 1.71. The van der Waals surface area contributed by atoms with Crippen molar-refractivity contribution in [2.75, 3.05) is 11.0 Å². The van der Waals surface area contributed by atoms with Crippen LogP contribution in [0.5, 0.6) is 0 Å². The van der Waals surface area contributed by atoms with Gasteiger partial charge in [-0.3, -0.25) is 24.6 Å². The quantitative estimate of drug-likeness (QED) is 0.628. The molecule has 0 spiro atoms. The Morgan fingerprint density at radius 3 is 2.57 bits per heavy atom. The SMILES string of the molecule is CS(=O)(=O)Nc1ccc(-c2cncc3cc(C=C4SC(=O)NC4=O)oc23)cc1. The molecule has 142 valence electrons. The number of nitrogens with zero attached hydrogens (tertiary/aromatic N) is 1. The Labute approximate surface area is 164 Å². The number of furan rings is 1. The summed E-state index contributed by atoms with van der Waals surface area (Å²) in [6.07, 6.45) is 5.87. The molecular formula is C18H13N3O5S2. The van der Waals surface area contributed by atoms with E-state index < -0.39 is 21.2 Å². The Morgan fingerprint density at radius 1 is 1.18 bits per heavy atom. The average Bonchev–Trinajstić information content (AvgIpc) is 3.16. The molecule has 1 aliphatic rings. The number of hydrogen-bond donors (Lipinski definition) is 2. The van der Waals surface area contributed by atoms with Crippen LogP contribution in [0.25, 0.3) is 28.2 Å². The van der Waals surface area contributed by atoms with E-state index in [1.54, 1.807) is 42.7 Å². The van der Waals surface area contributed by atoms with Gasteiger partial charge in [0.15, 0.2) is 0 Å². The summed E-state index contributed by atoms with van der Waals surface area (Å²) < 4.78 is 30.9. The number of amides is 2. The molecular weight excluding hydrogens is 402 g/mol. The number of pyridine rings is 1. The molecule has 2 aromatic heterocycles. The third kappa shape index (κ3) is 3.78. The van der Waals surface area contributed by atoms with E-state index in [0.29, 0.717) is 22.6 Å². The van der Waals surface area contributed by atoms with Gasteiger partial charge in [0.25, 0.3) is 11.1 Å². The predicted molar refractivity (Wildman–Crippen MR) is 107 cm³/mol. The van der Waals surface area contributed by atoms with Crippen LogP contribution >= 0.6 is 11.8 Å². The molecule has 0 atom stereocenters. The Bertz CT molecular complexity index is 1240. The first-order valence-electron chi connectivity index (χ1n) is 7.99. The zero-order valence-electron chi connectivity index (χ0n) is 14.4. The van der Waals surface area contributed by atoms with Gasteiger partial charge in [0.1, 0.15) is 11.3 Å². The van der Waals surface area contributed by atoms with Crippen molar-refractivity contribution < 1.29 is 22.4 Å². The van der Waals surface area contributed by atoms with E-state index in [-0.39, 0.29) is 4.91 Å². The molecule has 0 aliphatic carbocycles. The number of imide groups is 1. The number of sulfonamides is 1. The topological polar surface area (TPSA) is 118 Å². The highest BCUT2D eigenvalue weighted by atomic mass is 32.2. The van der Waals surface area contributed by atoms with Crippen LogP contribution in [-0.4, -0.2) is 30.8 Å². The van der Waals surface area contributed by atoms with Crippen molar-refractivity contribution in [2.24, 2.45) is 0 Å². The molecule has 1 saturated heterocycles. The van der Waals surface area contributed by atoms with E-state index in [2.05, 4.69) is 15.0 Å². The van der Waals surface area contributed by atoms with Gasteiger partial charge in [0, 0.05) is 35.1 Å². The van der Waals surface area contributed by atoms with Gasteiger partial charge in [-0.05, 0) is 35.5 Å². The molecule has 4 rings (SSSR count). The fourth-order valence-corrected chi connectivity index (χ4v) is 3.97. The number of aromatic nitrogens is 1. The number of carbonyl (C=O) groups is 2. The van der Waals surface area contributed by atoms with Gasteiger partial charge < -0.3 is 4.42 Å². The van der Waals surface area contributed by atoms with Gasteiger partial charge in [-0.15, -0.1) is 0 Å². The number of thioether (sulfide) groups is 1. The highest BCUT2D eigenvalue weighted by Gasteiger charge is 2.25. The summed E-state index contributed by atoms with van der Waals surface area (Å²) in [5.41, 5.74) is 2.52. The van der Waals surface area contributed by atoms with Gasteiger partial charge in [-0.25, -0.2) is 8.42 Å². The maximum Gasteiger partial charge on any atom is 0.290 e. The van der Waals surface area contributed by atoms with Crippen molar-refractivity contribution in [1.29, 1.82) is 0 Å². The number of benzene rings is 1. The molecule has 3 aromatic rings. The van der Waals surface area contributed by atoms with Crippen LogP contribution in [0.1, 0.15) is 5.76 Å². The van der Waals surface area contributed by atoms with Crippen molar-refractivity contribution in [3.8, 4) is 11.1 Å². The van der Waals surface area contributed by atoms with E-state index in [1.165, 1.54) is 6.08 Å². The van der Waals surface area contributed by atoms with E-state index in [9.17, 15) is 18.0 Å². The van der Waals surface area contributed by atoms with Gasteiger partial charge in [0.2, 0.25) is 10.0 Å². The lowest BCUT2D eigenvalue weighted by atomic mass is 10.1. The largest absolute Gasteiger partial charge is 0.456 e. The second kappa shape index (κ2) is 6.80. The molecule has 8 nitrogen and oxygen atoms in total. The van der Waals surface area contributed by atoms with Crippen molar-refractivity contribution in [1.82, 2.24) is 10.3 Å². The van der Waals surface area contributed by atoms with Gasteiger partial charge in [0.05, 0.1) is 11.2 Å². The van der Waals surface area contributed by atoms with Crippen LogP contribution in [0, 0.1) is 0 Å². The molecule has 0 unspecified atom stereocenters. The molecule has 1 aliphatic heterocycles. The standard InChI is InChI=1S/C18H13N3O5S2/c1-28(24,25)21-12-4-2-10(3-5-12)14-9-19-8-11-6-13(26-16(11)14)7-15-17(22)20-18(23)27-15/h2-9,21H,1H3,(H,20,22,23). The minimum absolute atomic E-state index is 0.259. The maximum atomic E-state index is 11.7. The number of carbonyl (C=O) groups excluding carboxylic acids is 2. The van der Waals surface area contributed by atoms with Crippen LogP contribution < -0.4 is 10.0 Å². The Kier molecular flexibility index (Phi) is 4.44. The van der Waals surface area contributed by atoms with Crippen molar-refractivity contribution in [3.05, 3.63) is 53.4 Å². The van der Waals surface area contributed by atoms with Crippen LogP contribution in [-0.2, 0) is 14.8 Å². The van der Waals surface area contributed by atoms with E-state index in [0.717, 1.165) is 29.0 Å². The minimum atomic E-state index is -3.35. The lowest BCUT2D eigenvalue weighted by Crippen LogP contribution is -2.17. The Hall–Kier alpha value is -3.11. The van der Waals surface area contributed by atoms with E-state index in [4.69, 9.17) is 4.42 Å². The zero-order valence-corrected chi connectivity index (χ0v) is 16.1. The fourth-order valence-electron chi connectivity index (χ4n) is 2.74. The number of nitrogens with one attached hydrogen (secondary N) is 2. The second-order valence-corrected chi connectivity index (χ2v) is 8.82. The number of hydrogen-bond acceptors (Lipinski definition) is 7. The molecule has 1 fully saturated rings. The normalized spacial score (nSPS) is 16.0. The average molecular weight is 415 g/mol. The minimum Gasteiger partial charge on any atom is -0.456 e. The predicted octanol–water partition coefficient (Wildman–Crippen LogP) is 3.19. The lowest BCUT2D eigenvalue weighted by Gasteiger charge is -2.06. The first kappa shape index (κ1) is 18.3. The second-order valence-electron chi connectivity index (χ2n) is 6.06. The molecule has 0 radical (unpaired) electrons. The first-order valence-corrected chi connectivity index (χ1v) is 10.7. The lowest BCUT2D eigenvalue weighted by molar-refractivity contribution is -0.115. The van der Waals surface area contributed by atoms with Crippen molar-refractivity contribution >= 4 is 55.7 Å². The van der Waals surface area contributed by atoms with Crippen LogP contribution in [0.4, 0.5) is 10.5 Å². The molecule has 2 amide bonds. The summed E-state index contributed by atoms with van der Waals surface area (Å²) >= 11 is 0.815. The number of rotatable bonds is 4. The third-order valence-electron chi connectivity index (χ3n) is 3.86. The van der Waals surface area contributed by atoms with Crippen molar-refractivity contribution in [2.45, 2.75) is 0 Å². The molecule has 1 aromatic carbocycles.